The summed E-state index contributed by atoms with van der Waals surface area (Å²) in [7, 11) is 0. The largest absolute Gasteiger partial charge is 0.462 e. The van der Waals surface area contributed by atoms with Crippen LogP contribution >= 0.6 is 0 Å². The first kappa shape index (κ1) is 69.5. The average Bonchev–Trinajstić information content (AvgIpc) is 3.40. The van der Waals surface area contributed by atoms with E-state index in [2.05, 4.69) is 173 Å². The second kappa shape index (κ2) is 62.8. The Kier molecular flexibility index (Phi) is 59.0. The van der Waals surface area contributed by atoms with Gasteiger partial charge in [0.2, 0.25) is 0 Å². The van der Waals surface area contributed by atoms with Gasteiger partial charge in [0.15, 0.2) is 6.10 Å². The molecule has 5 nitrogen and oxygen atoms in total. The van der Waals surface area contributed by atoms with Gasteiger partial charge in [0.05, 0.1) is 6.61 Å². The van der Waals surface area contributed by atoms with Crippen LogP contribution in [0.2, 0.25) is 0 Å². The minimum atomic E-state index is -0.612. The molecule has 0 radical (unpaired) electrons. The highest BCUT2D eigenvalue weighted by Gasteiger charge is 2.17. The molecule has 0 aliphatic heterocycles. The Balaban J connectivity index is 4.52. The number of esters is 2. The molecule has 1 unspecified atom stereocenters. The fraction of sp³-hybridized carbons (Fsp3) is 0.594. The van der Waals surface area contributed by atoms with E-state index in [1.165, 1.54) is 89.9 Å². The van der Waals surface area contributed by atoms with Crippen LogP contribution in [0.3, 0.4) is 0 Å². The molecule has 0 saturated heterocycles. The number of carbonyl (C=O) groups excluding carboxylic acids is 2. The fourth-order valence-electron chi connectivity index (χ4n) is 7.66. The summed E-state index contributed by atoms with van der Waals surface area (Å²) in [6, 6.07) is 0. The first-order valence-corrected chi connectivity index (χ1v) is 30.0. The lowest BCUT2D eigenvalue weighted by Gasteiger charge is -2.18. The number of unbranched alkanes of at least 4 members (excludes halogenated alkanes) is 16. The Morgan fingerprint density at radius 3 is 1.04 bits per heavy atom. The van der Waals surface area contributed by atoms with E-state index >= 15 is 0 Å². The first-order chi connectivity index (χ1) is 36.6. The van der Waals surface area contributed by atoms with E-state index in [9.17, 15) is 9.59 Å². The summed E-state index contributed by atoms with van der Waals surface area (Å²) in [6.45, 7) is 7.36. The van der Waals surface area contributed by atoms with Crippen molar-refractivity contribution >= 4 is 11.9 Å². The zero-order valence-corrected chi connectivity index (χ0v) is 47.8. The van der Waals surface area contributed by atoms with Gasteiger partial charge < -0.3 is 14.2 Å². The van der Waals surface area contributed by atoms with E-state index < -0.39 is 6.10 Å². The minimum absolute atomic E-state index is 0.0109. The van der Waals surface area contributed by atoms with E-state index in [0.717, 1.165) is 109 Å². The summed E-state index contributed by atoms with van der Waals surface area (Å²) >= 11 is 0. The van der Waals surface area contributed by atoms with Crippen molar-refractivity contribution < 1.29 is 23.8 Å². The highest BCUT2D eigenvalue weighted by Crippen LogP contribution is 2.14. The predicted molar refractivity (Wildman–Crippen MR) is 324 cm³/mol. The van der Waals surface area contributed by atoms with Gasteiger partial charge in [0, 0.05) is 19.4 Å². The maximum atomic E-state index is 12.9. The third-order valence-electron chi connectivity index (χ3n) is 12.0. The molecular formula is C69H110O5. The van der Waals surface area contributed by atoms with Gasteiger partial charge >= 0.3 is 11.9 Å². The topological polar surface area (TPSA) is 61.8 Å². The van der Waals surface area contributed by atoms with Crippen LogP contribution in [-0.2, 0) is 23.8 Å². The van der Waals surface area contributed by atoms with E-state index in [1.54, 1.807) is 0 Å². The lowest BCUT2D eigenvalue weighted by Crippen LogP contribution is -2.30. The Labute approximate surface area is 456 Å². The van der Waals surface area contributed by atoms with Gasteiger partial charge in [-0.1, -0.05) is 256 Å². The van der Waals surface area contributed by atoms with Crippen molar-refractivity contribution in [3.63, 3.8) is 0 Å². The summed E-state index contributed by atoms with van der Waals surface area (Å²) in [5, 5.41) is 0. The highest BCUT2D eigenvalue weighted by atomic mass is 16.6. The zero-order chi connectivity index (χ0) is 53.4. The lowest BCUT2D eigenvalue weighted by molar-refractivity contribution is -0.162. The van der Waals surface area contributed by atoms with Crippen molar-refractivity contribution in [3.05, 3.63) is 158 Å². The van der Waals surface area contributed by atoms with Gasteiger partial charge in [-0.25, -0.2) is 0 Å². The first-order valence-electron chi connectivity index (χ1n) is 30.0. The Bertz CT molecular complexity index is 1620. The molecule has 0 bridgehead atoms. The third-order valence-corrected chi connectivity index (χ3v) is 12.0. The van der Waals surface area contributed by atoms with E-state index in [1.807, 2.05) is 6.08 Å². The Hall–Kier alpha value is -4.48. The van der Waals surface area contributed by atoms with Crippen LogP contribution in [0.4, 0.5) is 0 Å². The van der Waals surface area contributed by atoms with Gasteiger partial charge in [-0.2, -0.15) is 0 Å². The molecule has 0 rings (SSSR count). The van der Waals surface area contributed by atoms with Crippen molar-refractivity contribution in [3.8, 4) is 0 Å². The molecule has 0 fully saturated rings. The fourth-order valence-corrected chi connectivity index (χ4v) is 7.66. The number of carbonyl (C=O) groups is 2. The molecule has 0 spiro atoms. The molecule has 5 heteroatoms. The van der Waals surface area contributed by atoms with Crippen LogP contribution in [0.15, 0.2) is 158 Å². The molecule has 416 valence electrons. The van der Waals surface area contributed by atoms with Crippen molar-refractivity contribution in [2.45, 2.75) is 245 Å². The summed E-state index contributed by atoms with van der Waals surface area (Å²) < 4.78 is 17.4. The number of hydrogen-bond donors (Lipinski definition) is 0. The molecule has 74 heavy (non-hydrogen) atoms. The van der Waals surface area contributed by atoms with Gasteiger partial charge in [0.25, 0.3) is 0 Å². The predicted octanol–water partition coefficient (Wildman–Crippen LogP) is 21.0. The SMILES string of the molecule is CC/C=C\C/C=C\C/C=C\C/C=C\C/C=C\C/C=C\CCCOCC(COC(=O)CC/C=C\C/C=C\C/C=C\C/C=C\C/C=C\C/C=C\CC)OC(=O)CCCCCCCCCCC/C=C\CCCCCCCC. The van der Waals surface area contributed by atoms with Crippen molar-refractivity contribution in [1.29, 1.82) is 0 Å². The normalized spacial score (nSPS) is 13.4. The monoisotopic (exact) mass is 1020 g/mol. The molecule has 0 amide bonds. The van der Waals surface area contributed by atoms with E-state index in [4.69, 9.17) is 14.2 Å². The van der Waals surface area contributed by atoms with Crippen LogP contribution in [0.5, 0.6) is 0 Å². The maximum Gasteiger partial charge on any atom is 0.306 e. The zero-order valence-electron chi connectivity index (χ0n) is 47.8. The van der Waals surface area contributed by atoms with Gasteiger partial charge in [0.1, 0.15) is 6.61 Å². The smallest absolute Gasteiger partial charge is 0.306 e. The molecule has 0 N–H and O–H groups in total. The van der Waals surface area contributed by atoms with Crippen LogP contribution in [0.25, 0.3) is 0 Å². The minimum Gasteiger partial charge on any atom is -0.462 e. The molecule has 0 saturated carbocycles. The third kappa shape index (κ3) is 60.1. The molecule has 0 aromatic carbocycles. The van der Waals surface area contributed by atoms with E-state index in [-0.39, 0.29) is 31.6 Å². The Morgan fingerprint density at radius 1 is 0.311 bits per heavy atom. The van der Waals surface area contributed by atoms with Gasteiger partial charge in [-0.3, -0.25) is 9.59 Å². The molecule has 0 aliphatic carbocycles. The lowest BCUT2D eigenvalue weighted by atomic mass is 10.1. The quantitative estimate of drug-likeness (QED) is 0.0345. The highest BCUT2D eigenvalue weighted by molar-refractivity contribution is 5.70. The number of allylic oxidation sites excluding steroid dienone is 26. The van der Waals surface area contributed by atoms with Crippen LogP contribution in [0.1, 0.15) is 239 Å². The standard InChI is InChI=1S/C69H110O5/c1-4-7-10-13-16-19-22-25-28-31-34-37-40-43-46-49-52-55-58-61-64-72-65-67(74-69(71)63-60-57-54-51-48-45-42-39-36-33-30-27-24-21-18-15-12-9-6-3)66-73-68(70)62-59-56-53-50-47-44-41-38-35-32-29-26-23-20-17-14-11-8-5-2/h7-8,10-11,16-17,19-20,25-30,34-35,37-38,43-44,46-47,52-53,55-56,67H,4-6,9,12-15,18,21-24,31-33,36,39-42,45,48-51,54,57-66H2,1-3H3/b10-7-,11-8-,19-16-,20-17-,28-25-,29-26-,30-27-,37-34-,38-35-,46-43-,47-44-,55-52-,56-53-. The summed E-state index contributed by atoms with van der Waals surface area (Å²) in [5.41, 5.74) is 0. The summed E-state index contributed by atoms with van der Waals surface area (Å²) in [4.78, 5) is 25.5. The Morgan fingerprint density at radius 2 is 0.635 bits per heavy atom. The molecule has 0 aromatic rings. The molecule has 0 aliphatic rings. The molecule has 0 aromatic heterocycles. The summed E-state index contributed by atoms with van der Waals surface area (Å²) in [5.74, 6) is -0.537. The number of hydrogen-bond acceptors (Lipinski definition) is 5. The van der Waals surface area contributed by atoms with Gasteiger partial charge in [-0.15, -0.1) is 0 Å². The van der Waals surface area contributed by atoms with Gasteiger partial charge in [-0.05, 0) is 128 Å². The second-order valence-corrected chi connectivity index (χ2v) is 19.1. The van der Waals surface area contributed by atoms with Crippen LogP contribution in [0, 0.1) is 0 Å². The van der Waals surface area contributed by atoms with Crippen LogP contribution in [-0.4, -0.2) is 37.9 Å². The number of ether oxygens (including phenoxy) is 3. The van der Waals surface area contributed by atoms with E-state index in [0.29, 0.717) is 19.4 Å². The molecule has 1 atom stereocenters. The van der Waals surface area contributed by atoms with Crippen LogP contribution < -0.4 is 0 Å². The average molecular weight is 1020 g/mol. The van der Waals surface area contributed by atoms with Crippen molar-refractivity contribution in [1.82, 2.24) is 0 Å². The summed E-state index contributed by atoms with van der Waals surface area (Å²) in [6.07, 6.45) is 92.9. The number of rotatable bonds is 53. The van der Waals surface area contributed by atoms with Crippen molar-refractivity contribution in [2.24, 2.45) is 0 Å². The molecular weight excluding hydrogens is 909 g/mol. The maximum absolute atomic E-state index is 12.9. The van der Waals surface area contributed by atoms with Crippen molar-refractivity contribution in [2.75, 3.05) is 19.8 Å². The molecule has 0 heterocycles. The second-order valence-electron chi connectivity index (χ2n) is 19.1.